The van der Waals surface area contributed by atoms with E-state index in [0.29, 0.717) is 10.0 Å². The number of halogens is 2. The molecule has 1 unspecified atom stereocenters. The van der Waals surface area contributed by atoms with Crippen molar-refractivity contribution in [2.45, 2.75) is 13.0 Å². The standard InChI is InChI=1S/C16H14Cl2N2S/c1-10-7-8-12(17)15(14(10)18)20-16-19-13(9-21-16)11-5-3-2-4-6-11/h2-8,13H,9H2,1H3,(H,19,20). The molecule has 0 amide bonds. The molecule has 0 bridgehead atoms. The molecule has 1 aliphatic heterocycles. The van der Waals surface area contributed by atoms with Crippen molar-refractivity contribution in [1.82, 2.24) is 0 Å². The summed E-state index contributed by atoms with van der Waals surface area (Å²) in [5, 5.41) is 5.38. The summed E-state index contributed by atoms with van der Waals surface area (Å²) in [4.78, 5) is 4.72. The van der Waals surface area contributed by atoms with Crippen LogP contribution >= 0.6 is 35.0 Å². The monoisotopic (exact) mass is 336 g/mol. The summed E-state index contributed by atoms with van der Waals surface area (Å²) >= 11 is 14.2. The summed E-state index contributed by atoms with van der Waals surface area (Å²) in [5.74, 6) is 0.924. The van der Waals surface area contributed by atoms with Crippen molar-refractivity contribution >= 4 is 45.8 Å². The van der Waals surface area contributed by atoms with Crippen LogP contribution < -0.4 is 5.32 Å². The molecule has 0 saturated carbocycles. The predicted molar refractivity (Wildman–Crippen MR) is 93.9 cm³/mol. The van der Waals surface area contributed by atoms with Crippen LogP contribution in [-0.4, -0.2) is 10.9 Å². The van der Waals surface area contributed by atoms with Crippen molar-refractivity contribution < 1.29 is 0 Å². The van der Waals surface area contributed by atoms with Crippen LogP contribution in [0.25, 0.3) is 0 Å². The second-order valence-electron chi connectivity index (χ2n) is 4.85. The maximum atomic E-state index is 6.32. The molecule has 5 heteroatoms. The van der Waals surface area contributed by atoms with Crippen LogP contribution in [0, 0.1) is 6.92 Å². The average molecular weight is 337 g/mol. The molecule has 1 aliphatic rings. The van der Waals surface area contributed by atoms with Gasteiger partial charge in [0.2, 0.25) is 0 Å². The van der Waals surface area contributed by atoms with Gasteiger partial charge in [0, 0.05) is 5.75 Å². The Labute approximate surface area is 138 Å². The Bertz CT molecular complexity index is 686. The number of rotatable bonds is 2. The Balaban J connectivity index is 1.82. The second kappa shape index (κ2) is 6.30. The highest BCUT2D eigenvalue weighted by Gasteiger charge is 2.21. The summed E-state index contributed by atoms with van der Waals surface area (Å²) in [6.45, 7) is 1.96. The smallest absolute Gasteiger partial charge is 0.161 e. The SMILES string of the molecule is Cc1ccc(Cl)c(NC2=NC(c3ccccc3)CS2)c1Cl. The molecule has 108 valence electrons. The van der Waals surface area contributed by atoms with Crippen molar-refractivity contribution in [3.8, 4) is 0 Å². The third-order valence-corrected chi connectivity index (χ3v) is 5.12. The van der Waals surface area contributed by atoms with Crippen molar-refractivity contribution in [2.24, 2.45) is 4.99 Å². The first-order valence-electron chi connectivity index (χ1n) is 6.62. The fourth-order valence-electron chi connectivity index (χ4n) is 2.17. The summed E-state index contributed by atoms with van der Waals surface area (Å²) in [5.41, 5.74) is 2.95. The Morgan fingerprint density at radius 2 is 1.90 bits per heavy atom. The highest BCUT2D eigenvalue weighted by atomic mass is 35.5. The number of nitrogens with zero attached hydrogens (tertiary/aromatic N) is 1. The van der Waals surface area contributed by atoms with Gasteiger partial charge in [0.25, 0.3) is 0 Å². The Hall–Kier alpha value is -1.16. The number of thioether (sulfide) groups is 1. The van der Waals surface area contributed by atoms with Gasteiger partial charge in [-0.2, -0.15) is 0 Å². The molecule has 1 atom stereocenters. The van der Waals surface area contributed by atoms with Gasteiger partial charge in [-0.3, -0.25) is 4.99 Å². The fraction of sp³-hybridized carbons (Fsp3) is 0.188. The molecular formula is C16H14Cl2N2S. The van der Waals surface area contributed by atoms with Gasteiger partial charge in [0.1, 0.15) is 0 Å². The van der Waals surface area contributed by atoms with E-state index in [2.05, 4.69) is 17.4 Å². The molecule has 3 rings (SSSR count). The number of benzene rings is 2. The van der Waals surface area contributed by atoms with Gasteiger partial charge in [-0.25, -0.2) is 0 Å². The van der Waals surface area contributed by atoms with Crippen molar-refractivity contribution in [2.75, 3.05) is 11.1 Å². The van der Waals surface area contributed by atoms with Gasteiger partial charge in [-0.05, 0) is 24.1 Å². The number of aryl methyl sites for hydroxylation is 1. The highest BCUT2D eigenvalue weighted by Crippen LogP contribution is 2.36. The van der Waals surface area contributed by atoms with Crippen molar-refractivity contribution in [1.29, 1.82) is 0 Å². The molecule has 1 N–H and O–H groups in total. The number of amidine groups is 1. The van der Waals surface area contributed by atoms with Crippen LogP contribution in [0.4, 0.5) is 5.69 Å². The molecule has 0 saturated heterocycles. The minimum absolute atomic E-state index is 0.182. The van der Waals surface area contributed by atoms with E-state index < -0.39 is 0 Å². The molecule has 0 radical (unpaired) electrons. The number of anilines is 1. The van der Waals surface area contributed by atoms with Gasteiger partial charge >= 0.3 is 0 Å². The molecule has 2 aromatic carbocycles. The van der Waals surface area contributed by atoms with Gasteiger partial charge in [0.15, 0.2) is 5.17 Å². The molecule has 0 fully saturated rings. The Morgan fingerprint density at radius 3 is 2.67 bits per heavy atom. The highest BCUT2D eigenvalue weighted by molar-refractivity contribution is 8.14. The van der Waals surface area contributed by atoms with E-state index in [1.165, 1.54) is 5.56 Å². The zero-order chi connectivity index (χ0) is 14.8. The summed E-state index contributed by atoms with van der Waals surface area (Å²) in [7, 11) is 0. The maximum absolute atomic E-state index is 6.32. The lowest BCUT2D eigenvalue weighted by molar-refractivity contribution is 0.849. The van der Waals surface area contributed by atoms with Gasteiger partial charge in [-0.15, -0.1) is 0 Å². The Morgan fingerprint density at radius 1 is 1.14 bits per heavy atom. The van der Waals surface area contributed by atoms with Gasteiger partial charge in [0.05, 0.1) is 21.8 Å². The lowest BCUT2D eigenvalue weighted by Crippen LogP contribution is -2.06. The number of nitrogens with one attached hydrogen (secondary N) is 1. The van der Waals surface area contributed by atoms with Crippen molar-refractivity contribution in [3.63, 3.8) is 0 Å². The van der Waals surface area contributed by atoms with E-state index in [1.807, 2.05) is 37.3 Å². The summed E-state index contributed by atoms with van der Waals surface area (Å²) in [6, 6.07) is 14.2. The van der Waals surface area contributed by atoms with Gasteiger partial charge in [-0.1, -0.05) is 71.4 Å². The molecule has 1 heterocycles. The predicted octanol–water partition coefficient (Wildman–Crippen LogP) is 5.56. The second-order valence-corrected chi connectivity index (χ2v) is 6.64. The van der Waals surface area contributed by atoms with E-state index in [0.717, 1.165) is 22.2 Å². The molecular weight excluding hydrogens is 323 g/mol. The lowest BCUT2D eigenvalue weighted by atomic mass is 10.1. The normalized spacial score (nSPS) is 17.7. The molecule has 0 spiro atoms. The first-order chi connectivity index (χ1) is 10.1. The number of hydrogen-bond donors (Lipinski definition) is 1. The maximum Gasteiger partial charge on any atom is 0.161 e. The first kappa shape index (κ1) is 14.8. The zero-order valence-corrected chi connectivity index (χ0v) is 13.8. The van der Waals surface area contributed by atoms with E-state index >= 15 is 0 Å². The number of aliphatic imine (C=N–C) groups is 1. The van der Waals surface area contributed by atoms with Crippen LogP contribution in [-0.2, 0) is 0 Å². The molecule has 0 aromatic heterocycles. The molecule has 2 aromatic rings. The van der Waals surface area contributed by atoms with Gasteiger partial charge < -0.3 is 5.32 Å². The topological polar surface area (TPSA) is 24.4 Å². The van der Waals surface area contributed by atoms with E-state index in [9.17, 15) is 0 Å². The fourth-order valence-corrected chi connectivity index (χ4v) is 3.59. The largest absolute Gasteiger partial charge is 0.333 e. The average Bonchev–Trinajstić information content (AvgIpc) is 2.97. The molecule has 2 nitrogen and oxygen atoms in total. The quantitative estimate of drug-likeness (QED) is 0.776. The van der Waals surface area contributed by atoms with E-state index in [-0.39, 0.29) is 6.04 Å². The number of hydrogen-bond acceptors (Lipinski definition) is 3. The lowest BCUT2D eigenvalue weighted by Gasteiger charge is -2.11. The van der Waals surface area contributed by atoms with E-state index in [4.69, 9.17) is 28.2 Å². The van der Waals surface area contributed by atoms with Crippen molar-refractivity contribution in [3.05, 3.63) is 63.6 Å². The Kier molecular flexibility index (Phi) is 4.43. The summed E-state index contributed by atoms with van der Waals surface area (Å²) in [6.07, 6.45) is 0. The minimum atomic E-state index is 0.182. The molecule has 0 aliphatic carbocycles. The third-order valence-electron chi connectivity index (χ3n) is 3.35. The zero-order valence-electron chi connectivity index (χ0n) is 11.4. The third kappa shape index (κ3) is 3.20. The minimum Gasteiger partial charge on any atom is -0.333 e. The van der Waals surface area contributed by atoms with Crippen LogP contribution in [0.2, 0.25) is 10.0 Å². The first-order valence-corrected chi connectivity index (χ1v) is 8.36. The molecule has 21 heavy (non-hydrogen) atoms. The van der Waals surface area contributed by atoms with E-state index in [1.54, 1.807) is 11.8 Å². The van der Waals surface area contributed by atoms with Crippen LogP contribution in [0.5, 0.6) is 0 Å². The van der Waals surface area contributed by atoms with Crippen LogP contribution in [0.15, 0.2) is 47.5 Å². The summed E-state index contributed by atoms with van der Waals surface area (Å²) < 4.78 is 0. The van der Waals surface area contributed by atoms with Crippen LogP contribution in [0.1, 0.15) is 17.2 Å². The van der Waals surface area contributed by atoms with Crippen LogP contribution in [0.3, 0.4) is 0 Å².